The second kappa shape index (κ2) is 5.56. The van der Waals surface area contributed by atoms with E-state index in [4.69, 9.17) is 0 Å². The van der Waals surface area contributed by atoms with Gasteiger partial charge in [0, 0.05) is 12.4 Å². The highest BCUT2D eigenvalue weighted by atomic mass is 32.2. The lowest BCUT2D eigenvalue weighted by Crippen LogP contribution is -2.53. The Morgan fingerprint density at radius 3 is 2.95 bits per heavy atom. The minimum Gasteiger partial charge on any atom is -0.394 e. The molecule has 0 bridgehead atoms. The summed E-state index contributed by atoms with van der Waals surface area (Å²) in [5.41, 5.74) is -0.730. The van der Waals surface area contributed by atoms with Gasteiger partial charge in [-0.05, 0) is 30.9 Å². The average Bonchev–Trinajstić information content (AvgIpc) is 2.39. The lowest BCUT2D eigenvalue weighted by atomic mass is 9.78. The fraction of sp³-hybridized carbons (Fsp3) is 0.615. The molecule has 1 aromatic heterocycles. The van der Waals surface area contributed by atoms with Crippen LogP contribution in [0.4, 0.5) is 0 Å². The van der Waals surface area contributed by atoms with Crippen molar-refractivity contribution in [2.24, 2.45) is 5.92 Å². The number of hydrogen-bond acceptors (Lipinski definition) is 4. The van der Waals surface area contributed by atoms with Crippen LogP contribution in [0.2, 0.25) is 0 Å². The molecule has 0 spiro atoms. The highest BCUT2D eigenvalue weighted by Gasteiger charge is 2.38. The number of pyridine rings is 1. The van der Waals surface area contributed by atoms with Crippen LogP contribution in [0.15, 0.2) is 29.4 Å². The predicted molar refractivity (Wildman–Crippen MR) is 72.0 cm³/mol. The maximum atomic E-state index is 12.3. The molecule has 2 unspecified atom stereocenters. The van der Waals surface area contributed by atoms with E-state index in [9.17, 15) is 13.5 Å². The second-order valence-electron chi connectivity index (χ2n) is 5.43. The lowest BCUT2D eigenvalue weighted by Gasteiger charge is -2.38. The van der Waals surface area contributed by atoms with E-state index in [2.05, 4.69) is 16.6 Å². The Kier molecular flexibility index (Phi) is 4.23. The SMILES string of the molecule is CC1CCCC(CO)(NS(=O)(=O)c2cccnc2)C1. The first-order valence-electron chi connectivity index (χ1n) is 6.52. The van der Waals surface area contributed by atoms with Crippen molar-refractivity contribution >= 4 is 10.0 Å². The monoisotopic (exact) mass is 284 g/mol. The summed E-state index contributed by atoms with van der Waals surface area (Å²) < 4.78 is 27.3. The normalized spacial score (nSPS) is 28.2. The Balaban J connectivity index is 2.23. The Morgan fingerprint density at radius 2 is 2.37 bits per heavy atom. The molecule has 1 aliphatic rings. The number of aliphatic hydroxyl groups is 1. The van der Waals surface area contributed by atoms with Crippen molar-refractivity contribution in [1.82, 2.24) is 9.71 Å². The topological polar surface area (TPSA) is 79.3 Å². The van der Waals surface area contributed by atoms with Crippen molar-refractivity contribution < 1.29 is 13.5 Å². The molecule has 1 saturated carbocycles. The first-order chi connectivity index (χ1) is 8.97. The molecule has 106 valence electrons. The van der Waals surface area contributed by atoms with Crippen molar-refractivity contribution in [2.75, 3.05) is 6.61 Å². The van der Waals surface area contributed by atoms with Crippen LogP contribution in [0.25, 0.3) is 0 Å². The van der Waals surface area contributed by atoms with E-state index in [0.29, 0.717) is 18.8 Å². The maximum Gasteiger partial charge on any atom is 0.242 e. The lowest BCUT2D eigenvalue weighted by molar-refractivity contribution is 0.119. The van der Waals surface area contributed by atoms with Crippen LogP contribution in [0.1, 0.15) is 32.6 Å². The van der Waals surface area contributed by atoms with Crippen LogP contribution in [0.3, 0.4) is 0 Å². The summed E-state index contributed by atoms with van der Waals surface area (Å²) in [5, 5.41) is 9.63. The Labute approximate surface area is 114 Å². The average molecular weight is 284 g/mol. The van der Waals surface area contributed by atoms with E-state index in [0.717, 1.165) is 12.8 Å². The van der Waals surface area contributed by atoms with E-state index in [-0.39, 0.29) is 11.5 Å². The predicted octanol–water partition coefficient (Wildman–Crippen LogP) is 1.30. The van der Waals surface area contributed by atoms with Gasteiger partial charge in [-0.2, -0.15) is 0 Å². The van der Waals surface area contributed by atoms with Crippen molar-refractivity contribution in [3.63, 3.8) is 0 Å². The van der Waals surface area contributed by atoms with Gasteiger partial charge in [-0.3, -0.25) is 4.98 Å². The van der Waals surface area contributed by atoms with E-state index < -0.39 is 15.6 Å². The molecule has 0 amide bonds. The molecule has 0 saturated heterocycles. The third kappa shape index (κ3) is 3.32. The molecule has 1 aliphatic carbocycles. The van der Waals surface area contributed by atoms with Gasteiger partial charge in [0.05, 0.1) is 12.1 Å². The number of aliphatic hydroxyl groups excluding tert-OH is 1. The molecule has 1 heterocycles. The third-order valence-corrected chi connectivity index (χ3v) is 5.25. The first-order valence-corrected chi connectivity index (χ1v) is 8.01. The zero-order chi connectivity index (χ0) is 13.9. The van der Waals surface area contributed by atoms with Gasteiger partial charge in [-0.1, -0.05) is 19.8 Å². The summed E-state index contributed by atoms with van der Waals surface area (Å²) in [7, 11) is -3.63. The molecule has 6 heteroatoms. The summed E-state index contributed by atoms with van der Waals surface area (Å²) in [6.07, 6.45) is 6.20. The van der Waals surface area contributed by atoms with Crippen LogP contribution in [-0.2, 0) is 10.0 Å². The number of aromatic nitrogens is 1. The summed E-state index contributed by atoms with van der Waals surface area (Å²) in [6.45, 7) is 1.92. The molecular weight excluding hydrogens is 264 g/mol. The zero-order valence-electron chi connectivity index (χ0n) is 11.0. The van der Waals surface area contributed by atoms with Gasteiger partial charge >= 0.3 is 0 Å². The maximum absolute atomic E-state index is 12.3. The Hall–Kier alpha value is -0.980. The van der Waals surface area contributed by atoms with Crippen LogP contribution < -0.4 is 4.72 Å². The van der Waals surface area contributed by atoms with Crippen LogP contribution >= 0.6 is 0 Å². The fourth-order valence-corrected chi connectivity index (χ4v) is 4.17. The fourth-order valence-electron chi connectivity index (χ4n) is 2.78. The molecule has 1 aromatic rings. The van der Waals surface area contributed by atoms with Crippen LogP contribution in [0, 0.1) is 5.92 Å². The Bertz CT molecular complexity index is 518. The number of sulfonamides is 1. The van der Waals surface area contributed by atoms with Crippen molar-refractivity contribution in [3.8, 4) is 0 Å². The highest BCUT2D eigenvalue weighted by molar-refractivity contribution is 7.89. The molecule has 19 heavy (non-hydrogen) atoms. The van der Waals surface area contributed by atoms with E-state index in [1.165, 1.54) is 18.5 Å². The van der Waals surface area contributed by atoms with E-state index in [1.807, 2.05) is 0 Å². The summed E-state index contributed by atoms with van der Waals surface area (Å²) in [6, 6.07) is 3.09. The highest BCUT2D eigenvalue weighted by Crippen LogP contribution is 2.33. The molecule has 0 aromatic carbocycles. The molecule has 1 fully saturated rings. The minimum absolute atomic E-state index is 0.140. The number of rotatable bonds is 4. The zero-order valence-corrected chi connectivity index (χ0v) is 11.9. The van der Waals surface area contributed by atoms with Gasteiger partial charge in [-0.25, -0.2) is 13.1 Å². The van der Waals surface area contributed by atoms with Crippen molar-refractivity contribution in [3.05, 3.63) is 24.5 Å². The van der Waals surface area contributed by atoms with E-state index in [1.54, 1.807) is 6.07 Å². The largest absolute Gasteiger partial charge is 0.394 e. The van der Waals surface area contributed by atoms with Gasteiger partial charge in [-0.15, -0.1) is 0 Å². The molecule has 5 nitrogen and oxygen atoms in total. The second-order valence-corrected chi connectivity index (χ2v) is 7.12. The van der Waals surface area contributed by atoms with Gasteiger partial charge in [0.15, 0.2) is 0 Å². The number of nitrogens with one attached hydrogen (secondary N) is 1. The third-order valence-electron chi connectivity index (χ3n) is 3.69. The molecule has 2 rings (SSSR count). The quantitative estimate of drug-likeness (QED) is 0.873. The van der Waals surface area contributed by atoms with Gasteiger partial charge in [0.1, 0.15) is 4.90 Å². The number of nitrogens with zero attached hydrogens (tertiary/aromatic N) is 1. The Morgan fingerprint density at radius 1 is 1.58 bits per heavy atom. The van der Waals surface area contributed by atoms with E-state index >= 15 is 0 Å². The summed E-state index contributed by atoms with van der Waals surface area (Å²) in [5.74, 6) is 0.414. The standard InChI is InChI=1S/C13H20N2O3S/c1-11-4-2-6-13(8-11,10-16)15-19(17,18)12-5-3-7-14-9-12/h3,5,7,9,11,15-16H,2,4,6,8,10H2,1H3. The first kappa shape index (κ1) is 14.4. The molecule has 0 radical (unpaired) electrons. The van der Waals surface area contributed by atoms with Crippen LogP contribution in [-0.4, -0.2) is 30.7 Å². The molecule has 2 atom stereocenters. The number of hydrogen-bond donors (Lipinski definition) is 2. The molecule has 2 N–H and O–H groups in total. The van der Waals surface area contributed by atoms with Crippen LogP contribution in [0.5, 0.6) is 0 Å². The smallest absolute Gasteiger partial charge is 0.242 e. The summed E-state index contributed by atoms with van der Waals surface area (Å²) in [4.78, 5) is 3.97. The van der Waals surface area contributed by atoms with Crippen molar-refractivity contribution in [1.29, 1.82) is 0 Å². The molecular formula is C13H20N2O3S. The van der Waals surface area contributed by atoms with Crippen molar-refractivity contribution in [2.45, 2.75) is 43.0 Å². The minimum atomic E-state index is -3.63. The summed E-state index contributed by atoms with van der Waals surface area (Å²) >= 11 is 0. The van der Waals surface area contributed by atoms with Gasteiger partial charge in [0.2, 0.25) is 10.0 Å². The van der Waals surface area contributed by atoms with Gasteiger partial charge < -0.3 is 5.11 Å². The van der Waals surface area contributed by atoms with Gasteiger partial charge in [0.25, 0.3) is 0 Å². The molecule has 0 aliphatic heterocycles.